The lowest BCUT2D eigenvalue weighted by Gasteiger charge is -2.20. The largest absolute Gasteiger partial charge is 0.397 e. The molecule has 1 amide bonds. The number of carbonyl (C=O) groups is 1. The summed E-state index contributed by atoms with van der Waals surface area (Å²) in [6.45, 7) is 10.1. The summed E-state index contributed by atoms with van der Waals surface area (Å²) >= 11 is 0. The van der Waals surface area contributed by atoms with Gasteiger partial charge in [0.15, 0.2) is 0 Å². The molecule has 1 aromatic heterocycles. The normalized spacial score (nSPS) is 11.3. The Morgan fingerprint density at radius 1 is 1.32 bits per heavy atom. The van der Waals surface area contributed by atoms with Crippen molar-refractivity contribution in [2.24, 2.45) is 5.92 Å². The number of aromatic nitrogens is 2. The fraction of sp³-hybridized carbons (Fsp3) is 0.529. The average Bonchev–Trinajstić information content (AvgIpc) is 2.79. The van der Waals surface area contributed by atoms with E-state index in [0.717, 1.165) is 36.4 Å². The SMILES string of the molecule is CCN(CC)C(=O)Cn1c(CC(C)C)nc2c(N)cccc21. The number of carbonyl (C=O) groups excluding carboxylic acids is 1. The molecule has 0 spiro atoms. The summed E-state index contributed by atoms with van der Waals surface area (Å²) < 4.78 is 2.02. The molecule has 0 fully saturated rings. The van der Waals surface area contributed by atoms with Gasteiger partial charge in [-0.15, -0.1) is 0 Å². The number of fused-ring (bicyclic) bond motifs is 1. The zero-order valence-corrected chi connectivity index (χ0v) is 14.0. The van der Waals surface area contributed by atoms with Crippen LogP contribution in [0.15, 0.2) is 18.2 Å². The Morgan fingerprint density at radius 3 is 2.59 bits per heavy atom. The topological polar surface area (TPSA) is 64.2 Å². The molecular weight excluding hydrogens is 276 g/mol. The summed E-state index contributed by atoms with van der Waals surface area (Å²) in [5.41, 5.74) is 8.44. The lowest BCUT2D eigenvalue weighted by Crippen LogP contribution is -2.33. The van der Waals surface area contributed by atoms with Crippen LogP contribution < -0.4 is 5.73 Å². The first kappa shape index (κ1) is 16.3. The predicted molar refractivity (Wildman–Crippen MR) is 90.6 cm³/mol. The molecule has 0 saturated carbocycles. The smallest absolute Gasteiger partial charge is 0.242 e. The van der Waals surface area contributed by atoms with Crippen LogP contribution in [0.2, 0.25) is 0 Å². The minimum Gasteiger partial charge on any atom is -0.397 e. The third-order valence-electron chi connectivity index (χ3n) is 3.89. The number of likely N-dealkylation sites (N-methyl/N-ethyl adjacent to an activating group) is 1. The molecule has 5 heteroatoms. The number of benzene rings is 1. The number of nitrogen functional groups attached to an aromatic ring is 1. The number of imidazole rings is 1. The highest BCUT2D eigenvalue weighted by atomic mass is 16.2. The second kappa shape index (κ2) is 6.81. The van der Waals surface area contributed by atoms with E-state index < -0.39 is 0 Å². The summed E-state index contributed by atoms with van der Waals surface area (Å²) in [4.78, 5) is 19.0. The van der Waals surface area contributed by atoms with Crippen molar-refractivity contribution in [3.05, 3.63) is 24.0 Å². The van der Waals surface area contributed by atoms with Gasteiger partial charge in [-0.1, -0.05) is 19.9 Å². The zero-order chi connectivity index (χ0) is 16.3. The number of hydrogen-bond donors (Lipinski definition) is 1. The summed E-state index contributed by atoms with van der Waals surface area (Å²) in [5, 5.41) is 0. The van der Waals surface area contributed by atoms with Crippen molar-refractivity contribution in [2.45, 2.75) is 40.7 Å². The van der Waals surface area contributed by atoms with Crippen LogP contribution in [0.25, 0.3) is 11.0 Å². The molecule has 0 aliphatic heterocycles. The van der Waals surface area contributed by atoms with Gasteiger partial charge in [0.05, 0.1) is 11.2 Å². The second-order valence-corrected chi connectivity index (χ2v) is 5.99. The minimum absolute atomic E-state index is 0.122. The molecule has 0 aliphatic rings. The molecule has 22 heavy (non-hydrogen) atoms. The molecule has 120 valence electrons. The molecule has 0 atom stereocenters. The molecule has 0 radical (unpaired) electrons. The van der Waals surface area contributed by atoms with E-state index in [4.69, 9.17) is 5.73 Å². The number of amides is 1. The molecule has 2 N–H and O–H groups in total. The summed E-state index contributed by atoms with van der Waals surface area (Å²) in [6, 6.07) is 5.75. The summed E-state index contributed by atoms with van der Waals surface area (Å²) in [7, 11) is 0. The van der Waals surface area contributed by atoms with Crippen LogP contribution in [0.4, 0.5) is 5.69 Å². The van der Waals surface area contributed by atoms with E-state index in [2.05, 4.69) is 18.8 Å². The monoisotopic (exact) mass is 302 g/mol. The first-order valence-electron chi connectivity index (χ1n) is 7.99. The maximum absolute atomic E-state index is 12.5. The fourth-order valence-corrected chi connectivity index (χ4v) is 2.73. The maximum atomic E-state index is 12.5. The standard InChI is InChI=1S/C17H26N4O/c1-5-20(6-2)16(22)11-21-14-9-7-8-13(18)17(14)19-15(21)10-12(3)4/h7-9,12H,5-6,10-11,18H2,1-4H3. The van der Waals surface area contributed by atoms with Crippen molar-refractivity contribution in [2.75, 3.05) is 18.8 Å². The van der Waals surface area contributed by atoms with Crippen molar-refractivity contribution in [1.82, 2.24) is 14.5 Å². The zero-order valence-electron chi connectivity index (χ0n) is 14.0. The molecule has 0 aliphatic carbocycles. The number of anilines is 1. The second-order valence-electron chi connectivity index (χ2n) is 5.99. The Bertz CT molecular complexity index is 656. The number of hydrogen-bond acceptors (Lipinski definition) is 3. The van der Waals surface area contributed by atoms with Crippen molar-refractivity contribution < 1.29 is 4.79 Å². The fourth-order valence-electron chi connectivity index (χ4n) is 2.73. The van der Waals surface area contributed by atoms with Gasteiger partial charge in [0.25, 0.3) is 0 Å². The van der Waals surface area contributed by atoms with Crippen LogP contribution in [0.5, 0.6) is 0 Å². The molecule has 1 heterocycles. The van der Waals surface area contributed by atoms with Crippen LogP contribution in [0.3, 0.4) is 0 Å². The predicted octanol–water partition coefficient (Wildman–Crippen LogP) is 2.69. The van der Waals surface area contributed by atoms with Gasteiger partial charge < -0.3 is 15.2 Å². The number of nitrogens with two attached hydrogens (primary N) is 1. The van der Waals surface area contributed by atoms with Crippen molar-refractivity contribution >= 4 is 22.6 Å². The molecule has 2 aromatic rings. The maximum Gasteiger partial charge on any atom is 0.242 e. The van der Waals surface area contributed by atoms with Gasteiger partial charge >= 0.3 is 0 Å². The van der Waals surface area contributed by atoms with Crippen molar-refractivity contribution in [3.8, 4) is 0 Å². The first-order valence-corrected chi connectivity index (χ1v) is 7.99. The Labute approximate surface area is 132 Å². The highest BCUT2D eigenvalue weighted by Gasteiger charge is 2.18. The molecular formula is C17H26N4O. The van der Waals surface area contributed by atoms with Gasteiger partial charge in [0.2, 0.25) is 5.91 Å². The molecule has 1 aromatic carbocycles. The minimum atomic E-state index is 0.122. The van der Waals surface area contributed by atoms with Crippen LogP contribution in [-0.2, 0) is 17.8 Å². The van der Waals surface area contributed by atoms with E-state index in [-0.39, 0.29) is 5.91 Å². The van der Waals surface area contributed by atoms with Crippen molar-refractivity contribution in [1.29, 1.82) is 0 Å². The highest BCUT2D eigenvalue weighted by molar-refractivity contribution is 5.89. The molecule has 0 bridgehead atoms. The lowest BCUT2D eigenvalue weighted by molar-refractivity contribution is -0.131. The molecule has 0 unspecified atom stereocenters. The van der Waals surface area contributed by atoms with Gasteiger partial charge in [-0.05, 0) is 31.9 Å². The van der Waals surface area contributed by atoms with Gasteiger partial charge in [-0.2, -0.15) is 0 Å². The van der Waals surface area contributed by atoms with Crippen molar-refractivity contribution in [3.63, 3.8) is 0 Å². The first-order chi connectivity index (χ1) is 10.5. The number of para-hydroxylation sites is 1. The molecule has 0 saturated heterocycles. The third-order valence-corrected chi connectivity index (χ3v) is 3.89. The van der Waals surface area contributed by atoms with Gasteiger partial charge in [-0.3, -0.25) is 4.79 Å². The number of nitrogens with zero attached hydrogens (tertiary/aromatic N) is 3. The Kier molecular flexibility index (Phi) is 5.06. The summed E-state index contributed by atoms with van der Waals surface area (Å²) in [5.74, 6) is 1.53. The van der Waals surface area contributed by atoms with E-state index >= 15 is 0 Å². The van der Waals surface area contributed by atoms with E-state index in [9.17, 15) is 4.79 Å². The quantitative estimate of drug-likeness (QED) is 0.834. The van der Waals surface area contributed by atoms with E-state index in [1.165, 1.54) is 0 Å². The van der Waals surface area contributed by atoms with Crippen LogP contribution in [0.1, 0.15) is 33.5 Å². The lowest BCUT2D eigenvalue weighted by atomic mass is 10.1. The number of rotatable bonds is 6. The third kappa shape index (κ3) is 3.24. The van der Waals surface area contributed by atoms with Gasteiger partial charge in [0, 0.05) is 19.5 Å². The Morgan fingerprint density at radius 2 is 2.00 bits per heavy atom. The molecule has 5 nitrogen and oxygen atoms in total. The Balaban J connectivity index is 2.45. The molecule has 2 rings (SSSR count). The average molecular weight is 302 g/mol. The van der Waals surface area contributed by atoms with Crippen LogP contribution in [0, 0.1) is 5.92 Å². The van der Waals surface area contributed by atoms with Crippen LogP contribution >= 0.6 is 0 Å². The highest BCUT2D eigenvalue weighted by Crippen LogP contribution is 2.23. The van der Waals surface area contributed by atoms with E-state index in [0.29, 0.717) is 18.2 Å². The summed E-state index contributed by atoms with van der Waals surface area (Å²) in [6.07, 6.45) is 0.833. The Hall–Kier alpha value is -2.04. The van der Waals surface area contributed by atoms with Gasteiger partial charge in [0.1, 0.15) is 17.9 Å². The van der Waals surface area contributed by atoms with Gasteiger partial charge in [-0.25, -0.2) is 4.98 Å². The van der Waals surface area contributed by atoms with E-state index in [1.807, 2.05) is 41.5 Å². The van der Waals surface area contributed by atoms with E-state index in [1.54, 1.807) is 0 Å². The van der Waals surface area contributed by atoms with Crippen LogP contribution in [-0.4, -0.2) is 33.4 Å².